The molecule has 2 N–H and O–H groups in total. The zero-order chi connectivity index (χ0) is 12.8. The molecule has 0 aliphatic rings. The van der Waals surface area contributed by atoms with E-state index in [0.717, 1.165) is 11.3 Å². The number of ether oxygens (including phenoxy) is 3. The highest BCUT2D eigenvalue weighted by atomic mass is 16.5. The van der Waals surface area contributed by atoms with Crippen molar-refractivity contribution in [1.29, 1.82) is 0 Å². The van der Waals surface area contributed by atoms with Gasteiger partial charge < -0.3 is 20.1 Å². The van der Waals surface area contributed by atoms with Crippen LogP contribution in [0.4, 0.5) is 0 Å². The molecular formula is C12H18N2O3. The van der Waals surface area contributed by atoms with E-state index in [1.54, 1.807) is 21.3 Å². The summed E-state index contributed by atoms with van der Waals surface area (Å²) in [6, 6.07) is 3.77. The van der Waals surface area contributed by atoms with Gasteiger partial charge in [-0.1, -0.05) is 0 Å². The molecule has 0 aliphatic heterocycles. The van der Waals surface area contributed by atoms with E-state index < -0.39 is 0 Å². The Bertz CT molecular complexity index is 391. The molecule has 0 heterocycles. The number of rotatable bonds is 5. The second kappa shape index (κ2) is 5.98. The first-order chi connectivity index (χ1) is 8.15. The topological polar surface area (TPSA) is 66.1 Å². The summed E-state index contributed by atoms with van der Waals surface area (Å²) in [5.41, 5.74) is 1.84. The van der Waals surface area contributed by atoms with Crippen LogP contribution in [0, 0.1) is 0 Å². The molecule has 0 spiro atoms. The van der Waals surface area contributed by atoms with E-state index in [1.807, 2.05) is 19.1 Å². The molecule has 0 fully saturated rings. The van der Waals surface area contributed by atoms with Crippen LogP contribution in [0.1, 0.15) is 12.5 Å². The number of hydrogen-bond donors (Lipinski definition) is 1. The van der Waals surface area contributed by atoms with Crippen molar-refractivity contribution in [1.82, 2.24) is 0 Å². The summed E-state index contributed by atoms with van der Waals surface area (Å²) in [7, 11) is 4.75. The average molecular weight is 238 g/mol. The van der Waals surface area contributed by atoms with E-state index in [2.05, 4.69) is 5.10 Å². The minimum absolute atomic E-state index is 0.584. The van der Waals surface area contributed by atoms with Crippen molar-refractivity contribution in [3.63, 3.8) is 0 Å². The predicted molar refractivity (Wildman–Crippen MR) is 67.1 cm³/mol. The van der Waals surface area contributed by atoms with Gasteiger partial charge in [0.1, 0.15) is 0 Å². The first-order valence-corrected chi connectivity index (χ1v) is 5.18. The smallest absolute Gasteiger partial charge is 0.203 e. The minimum Gasteiger partial charge on any atom is -0.493 e. The fourth-order valence-corrected chi connectivity index (χ4v) is 1.58. The van der Waals surface area contributed by atoms with Crippen LogP contribution in [0.3, 0.4) is 0 Å². The Morgan fingerprint density at radius 1 is 1.12 bits per heavy atom. The Kier molecular flexibility index (Phi) is 4.63. The van der Waals surface area contributed by atoms with Gasteiger partial charge in [-0.05, 0) is 24.6 Å². The van der Waals surface area contributed by atoms with Gasteiger partial charge in [0.05, 0.1) is 21.3 Å². The Morgan fingerprint density at radius 2 is 1.65 bits per heavy atom. The zero-order valence-electron chi connectivity index (χ0n) is 10.6. The summed E-state index contributed by atoms with van der Waals surface area (Å²) in [5, 5.41) is 3.64. The van der Waals surface area contributed by atoms with Crippen molar-refractivity contribution in [2.75, 3.05) is 21.3 Å². The molecule has 0 amide bonds. The van der Waals surface area contributed by atoms with Crippen molar-refractivity contribution in [3.05, 3.63) is 17.7 Å². The summed E-state index contributed by atoms with van der Waals surface area (Å²) >= 11 is 0. The third-order valence-corrected chi connectivity index (χ3v) is 2.40. The molecule has 5 heteroatoms. The van der Waals surface area contributed by atoms with Gasteiger partial charge in [-0.3, -0.25) is 0 Å². The van der Waals surface area contributed by atoms with E-state index in [1.165, 1.54) is 0 Å². The molecule has 1 aromatic rings. The van der Waals surface area contributed by atoms with Gasteiger partial charge in [-0.15, -0.1) is 0 Å². The van der Waals surface area contributed by atoms with Gasteiger partial charge in [0.15, 0.2) is 11.5 Å². The molecule has 0 bridgehead atoms. The monoisotopic (exact) mass is 238 g/mol. The summed E-state index contributed by atoms with van der Waals surface area (Å²) < 4.78 is 15.8. The molecule has 0 aromatic heterocycles. The molecule has 1 rings (SSSR count). The van der Waals surface area contributed by atoms with Crippen molar-refractivity contribution in [2.45, 2.75) is 13.3 Å². The van der Waals surface area contributed by atoms with Crippen LogP contribution in [-0.2, 0) is 6.42 Å². The molecule has 1 aromatic carbocycles. The molecule has 94 valence electrons. The van der Waals surface area contributed by atoms with E-state index >= 15 is 0 Å². The number of hydrazone groups is 1. The number of hydrogen-bond acceptors (Lipinski definition) is 5. The average Bonchev–Trinajstić information content (AvgIpc) is 2.37. The second-order valence-corrected chi connectivity index (χ2v) is 3.57. The first kappa shape index (κ1) is 13.2. The Labute approximate surface area is 101 Å². The second-order valence-electron chi connectivity index (χ2n) is 3.57. The normalized spacial score (nSPS) is 11.2. The predicted octanol–water partition coefficient (Wildman–Crippen LogP) is 1.59. The van der Waals surface area contributed by atoms with Gasteiger partial charge in [0, 0.05) is 12.1 Å². The highest BCUT2D eigenvalue weighted by Gasteiger charge is 2.13. The fraction of sp³-hybridized carbons (Fsp3) is 0.417. The Morgan fingerprint density at radius 3 is 2.00 bits per heavy atom. The Hall–Kier alpha value is -1.91. The highest BCUT2D eigenvalue weighted by molar-refractivity contribution is 5.84. The largest absolute Gasteiger partial charge is 0.493 e. The number of benzene rings is 1. The highest BCUT2D eigenvalue weighted by Crippen LogP contribution is 2.38. The molecule has 0 aliphatic carbocycles. The molecule has 5 nitrogen and oxygen atoms in total. The molecule has 17 heavy (non-hydrogen) atoms. The third kappa shape index (κ3) is 3.03. The van der Waals surface area contributed by atoms with Gasteiger partial charge in [0.25, 0.3) is 0 Å². The van der Waals surface area contributed by atoms with Crippen LogP contribution in [0.2, 0.25) is 0 Å². The summed E-state index contributed by atoms with van der Waals surface area (Å²) in [6.07, 6.45) is 0.646. The molecule has 0 atom stereocenters. The fourth-order valence-electron chi connectivity index (χ4n) is 1.58. The standard InChI is InChI=1S/C12H18N2O3/c1-8(14-13)5-9-6-10(15-2)12(17-4)11(7-9)16-3/h6-7H,5,13H2,1-4H3/b14-8+. The lowest BCUT2D eigenvalue weighted by atomic mass is 10.1. The lowest BCUT2D eigenvalue weighted by Gasteiger charge is -2.13. The maximum absolute atomic E-state index is 5.26. The molecule has 0 saturated carbocycles. The molecular weight excluding hydrogens is 220 g/mol. The van der Waals surface area contributed by atoms with Gasteiger partial charge in [0.2, 0.25) is 5.75 Å². The van der Waals surface area contributed by atoms with Gasteiger partial charge in [-0.25, -0.2) is 0 Å². The first-order valence-electron chi connectivity index (χ1n) is 5.18. The van der Waals surface area contributed by atoms with Crippen molar-refractivity contribution < 1.29 is 14.2 Å². The van der Waals surface area contributed by atoms with Crippen molar-refractivity contribution >= 4 is 5.71 Å². The minimum atomic E-state index is 0.584. The van der Waals surface area contributed by atoms with Crippen LogP contribution in [0.15, 0.2) is 17.2 Å². The van der Waals surface area contributed by atoms with Crippen molar-refractivity contribution in [3.8, 4) is 17.2 Å². The quantitative estimate of drug-likeness (QED) is 0.480. The van der Waals surface area contributed by atoms with Crippen LogP contribution in [0.25, 0.3) is 0 Å². The van der Waals surface area contributed by atoms with E-state index in [9.17, 15) is 0 Å². The number of nitrogens with zero attached hydrogens (tertiary/aromatic N) is 1. The third-order valence-electron chi connectivity index (χ3n) is 2.40. The van der Waals surface area contributed by atoms with Crippen LogP contribution < -0.4 is 20.1 Å². The van der Waals surface area contributed by atoms with E-state index in [-0.39, 0.29) is 0 Å². The van der Waals surface area contributed by atoms with Crippen LogP contribution in [-0.4, -0.2) is 27.0 Å². The number of nitrogens with two attached hydrogens (primary N) is 1. The Balaban J connectivity index is 3.17. The van der Waals surface area contributed by atoms with Crippen LogP contribution in [0.5, 0.6) is 17.2 Å². The van der Waals surface area contributed by atoms with E-state index in [4.69, 9.17) is 20.1 Å². The zero-order valence-corrected chi connectivity index (χ0v) is 10.6. The summed E-state index contributed by atoms with van der Waals surface area (Å²) in [5.74, 6) is 7.06. The van der Waals surface area contributed by atoms with E-state index in [0.29, 0.717) is 23.7 Å². The van der Waals surface area contributed by atoms with Gasteiger partial charge >= 0.3 is 0 Å². The number of methoxy groups -OCH3 is 3. The van der Waals surface area contributed by atoms with Crippen molar-refractivity contribution in [2.24, 2.45) is 10.9 Å². The summed E-state index contributed by atoms with van der Waals surface area (Å²) in [6.45, 7) is 1.86. The van der Waals surface area contributed by atoms with Crippen LogP contribution >= 0.6 is 0 Å². The lowest BCUT2D eigenvalue weighted by Crippen LogP contribution is -2.03. The lowest BCUT2D eigenvalue weighted by molar-refractivity contribution is 0.324. The SMILES string of the molecule is COc1cc(C/C(C)=N/N)cc(OC)c1OC. The molecule has 0 unspecified atom stereocenters. The summed E-state index contributed by atoms with van der Waals surface area (Å²) in [4.78, 5) is 0. The maximum Gasteiger partial charge on any atom is 0.203 e. The maximum atomic E-state index is 5.26. The van der Waals surface area contributed by atoms with Gasteiger partial charge in [-0.2, -0.15) is 5.10 Å². The molecule has 0 saturated heterocycles. The molecule has 0 radical (unpaired) electrons.